The molecule has 5 nitrogen and oxygen atoms in total. The Balaban J connectivity index is 1.79. The van der Waals surface area contributed by atoms with Gasteiger partial charge < -0.3 is 14.1 Å². The fraction of sp³-hybridized carbons (Fsp3) is 0.273. The van der Waals surface area contributed by atoms with Crippen LogP contribution in [0.2, 0.25) is 0 Å². The first kappa shape index (κ1) is 17.3. The molecule has 0 bridgehead atoms. The summed E-state index contributed by atoms with van der Waals surface area (Å²) in [4.78, 5) is 27.5. The molecule has 5 heteroatoms. The Labute approximate surface area is 157 Å². The van der Waals surface area contributed by atoms with E-state index in [-0.39, 0.29) is 17.1 Å². The van der Waals surface area contributed by atoms with Crippen molar-refractivity contribution < 1.29 is 13.9 Å². The van der Waals surface area contributed by atoms with Crippen LogP contribution in [0.5, 0.6) is 5.75 Å². The number of amides is 1. The first-order valence-electron chi connectivity index (χ1n) is 9.22. The predicted molar refractivity (Wildman–Crippen MR) is 104 cm³/mol. The lowest BCUT2D eigenvalue weighted by Gasteiger charge is -2.21. The monoisotopic (exact) mass is 363 g/mol. The number of ether oxygens (including phenoxy) is 1. The molecule has 0 aliphatic carbocycles. The summed E-state index contributed by atoms with van der Waals surface area (Å²) in [6.07, 6.45) is 1.26. The second-order valence-corrected chi connectivity index (χ2v) is 6.74. The fourth-order valence-electron chi connectivity index (χ4n) is 3.43. The van der Waals surface area contributed by atoms with Gasteiger partial charge in [0.1, 0.15) is 5.58 Å². The van der Waals surface area contributed by atoms with E-state index in [4.69, 9.17) is 9.15 Å². The Bertz CT molecular complexity index is 1020. The summed E-state index contributed by atoms with van der Waals surface area (Å²) in [7, 11) is 0. The van der Waals surface area contributed by atoms with Gasteiger partial charge in [-0.1, -0.05) is 42.5 Å². The zero-order valence-electron chi connectivity index (χ0n) is 15.2. The molecular formula is C22H21NO4. The number of rotatable bonds is 4. The van der Waals surface area contributed by atoms with Gasteiger partial charge in [0.25, 0.3) is 5.91 Å². The van der Waals surface area contributed by atoms with E-state index in [2.05, 4.69) is 0 Å². The summed E-state index contributed by atoms with van der Waals surface area (Å²) in [6.45, 7) is 3.17. The number of nitrogens with zero attached hydrogens (tertiary/aromatic N) is 1. The normalized spacial score (nSPS) is 15.1. The molecule has 0 saturated carbocycles. The van der Waals surface area contributed by atoms with Gasteiger partial charge in [-0.2, -0.15) is 0 Å². The molecular weight excluding hydrogens is 342 g/mol. The fourth-order valence-corrected chi connectivity index (χ4v) is 3.43. The lowest BCUT2D eigenvalue weighted by Crippen LogP contribution is -2.39. The van der Waals surface area contributed by atoms with Crippen LogP contribution >= 0.6 is 0 Å². The largest absolute Gasteiger partial charge is 0.473 e. The van der Waals surface area contributed by atoms with Gasteiger partial charge in [-0.15, -0.1) is 0 Å². The summed E-state index contributed by atoms with van der Waals surface area (Å²) >= 11 is 0. The van der Waals surface area contributed by atoms with Gasteiger partial charge in [0.2, 0.25) is 11.2 Å². The highest BCUT2D eigenvalue weighted by Gasteiger charge is 2.27. The third kappa shape index (κ3) is 3.33. The minimum Gasteiger partial charge on any atom is -0.473 e. The van der Waals surface area contributed by atoms with Gasteiger partial charge in [0.05, 0.1) is 5.39 Å². The molecule has 1 saturated heterocycles. The number of para-hydroxylation sites is 1. The highest BCUT2D eigenvalue weighted by molar-refractivity contribution is 5.84. The van der Waals surface area contributed by atoms with E-state index in [9.17, 15) is 9.59 Å². The molecule has 2 aromatic carbocycles. The highest BCUT2D eigenvalue weighted by atomic mass is 16.5. The molecule has 27 heavy (non-hydrogen) atoms. The summed E-state index contributed by atoms with van der Waals surface area (Å²) in [6, 6.07) is 16.4. The van der Waals surface area contributed by atoms with Crippen LogP contribution in [0, 0.1) is 0 Å². The second-order valence-electron chi connectivity index (χ2n) is 6.74. The maximum atomic E-state index is 13.1. The van der Waals surface area contributed by atoms with E-state index >= 15 is 0 Å². The van der Waals surface area contributed by atoms with Gasteiger partial charge in [-0.05, 0) is 31.9 Å². The molecule has 4 rings (SSSR count). The van der Waals surface area contributed by atoms with Crippen molar-refractivity contribution in [2.75, 3.05) is 13.1 Å². The van der Waals surface area contributed by atoms with Crippen molar-refractivity contribution in [3.63, 3.8) is 0 Å². The topological polar surface area (TPSA) is 59.8 Å². The van der Waals surface area contributed by atoms with Crippen LogP contribution in [0.3, 0.4) is 0 Å². The Kier molecular flexibility index (Phi) is 4.67. The number of carbonyl (C=O) groups is 1. The lowest BCUT2D eigenvalue weighted by atomic mass is 10.1. The molecule has 1 aliphatic heterocycles. The van der Waals surface area contributed by atoms with Crippen LogP contribution in [0.1, 0.15) is 19.8 Å². The molecule has 1 aliphatic rings. The number of likely N-dealkylation sites (tertiary alicyclic amines) is 1. The highest BCUT2D eigenvalue weighted by Crippen LogP contribution is 2.31. The number of carbonyl (C=O) groups excluding carboxylic acids is 1. The van der Waals surface area contributed by atoms with Crippen molar-refractivity contribution in [3.05, 3.63) is 64.8 Å². The van der Waals surface area contributed by atoms with E-state index in [1.165, 1.54) is 0 Å². The first-order chi connectivity index (χ1) is 13.1. The van der Waals surface area contributed by atoms with Crippen LogP contribution in [-0.4, -0.2) is 30.0 Å². The zero-order chi connectivity index (χ0) is 18.8. The van der Waals surface area contributed by atoms with Gasteiger partial charge in [0.15, 0.2) is 11.9 Å². The molecule has 0 N–H and O–H groups in total. The van der Waals surface area contributed by atoms with Gasteiger partial charge in [0, 0.05) is 18.7 Å². The summed E-state index contributed by atoms with van der Waals surface area (Å²) in [5.74, 6) is 0.333. The van der Waals surface area contributed by atoms with Gasteiger partial charge in [-0.25, -0.2) is 0 Å². The summed E-state index contributed by atoms with van der Waals surface area (Å²) in [5.41, 5.74) is 0.958. The van der Waals surface area contributed by atoms with Crippen LogP contribution < -0.4 is 10.2 Å². The van der Waals surface area contributed by atoms with Crippen LogP contribution in [0.4, 0.5) is 0 Å². The molecule has 1 amide bonds. The third-order valence-electron chi connectivity index (χ3n) is 4.85. The first-order valence-corrected chi connectivity index (χ1v) is 9.22. The van der Waals surface area contributed by atoms with Crippen LogP contribution in [0.15, 0.2) is 63.8 Å². The lowest BCUT2D eigenvalue weighted by molar-refractivity contribution is -0.136. The average molecular weight is 363 g/mol. The van der Waals surface area contributed by atoms with Crippen molar-refractivity contribution >= 4 is 16.9 Å². The molecule has 0 radical (unpaired) electrons. The number of fused-ring (bicyclic) bond motifs is 1. The molecule has 2 heterocycles. The maximum absolute atomic E-state index is 13.1. The Morgan fingerprint density at radius 3 is 2.44 bits per heavy atom. The van der Waals surface area contributed by atoms with Crippen LogP contribution in [-0.2, 0) is 4.79 Å². The molecule has 1 aromatic heterocycles. The Hall–Kier alpha value is -3.08. The molecule has 1 fully saturated rings. The van der Waals surface area contributed by atoms with E-state index in [1.54, 1.807) is 30.0 Å². The van der Waals surface area contributed by atoms with E-state index in [0.29, 0.717) is 16.7 Å². The minimum absolute atomic E-state index is 0.0833. The Morgan fingerprint density at radius 1 is 1.04 bits per heavy atom. The van der Waals surface area contributed by atoms with Crippen molar-refractivity contribution in [1.29, 1.82) is 0 Å². The summed E-state index contributed by atoms with van der Waals surface area (Å²) in [5, 5.41) is 0.438. The molecule has 0 spiro atoms. The molecule has 0 unspecified atom stereocenters. The SMILES string of the molecule is C[C@@H](Oc1c(-c2ccccc2)oc2ccccc2c1=O)C(=O)N1CCCC1. The van der Waals surface area contributed by atoms with Crippen molar-refractivity contribution in [1.82, 2.24) is 4.90 Å². The van der Waals surface area contributed by atoms with Gasteiger partial charge >= 0.3 is 0 Å². The number of benzene rings is 2. The Morgan fingerprint density at radius 2 is 1.70 bits per heavy atom. The number of hydrogen-bond acceptors (Lipinski definition) is 4. The average Bonchev–Trinajstić information content (AvgIpc) is 3.25. The van der Waals surface area contributed by atoms with Gasteiger partial charge in [-0.3, -0.25) is 9.59 Å². The minimum atomic E-state index is -0.755. The zero-order valence-corrected chi connectivity index (χ0v) is 15.2. The van der Waals surface area contributed by atoms with Crippen LogP contribution in [0.25, 0.3) is 22.3 Å². The van der Waals surface area contributed by atoms with Crippen molar-refractivity contribution in [3.8, 4) is 17.1 Å². The number of hydrogen-bond donors (Lipinski definition) is 0. The maximum Gasteiger partial charge on any atom is 0.263 e. The smallest absolute Gasteiger partial charge is 0.263 e. The third-order valence-corrected chi connectivity index (χ3v) is 4.85. The van der Waals surface area contributed by atoms with E-state index in [1.807, 2.05) is 36.4 Å². The van der Waals surface area contributed by atoms with Crippen molar-refractivity contribution in [2.45, 2.75) is 25.9 Å². The van der Waals surface area contributed by atoms with E-state index in [0.717, 1.165) is 31.5 Å². The summed E-state index contributed by atoms with van der Waals surface area (Å²) < 4.78 is 11.9. The second kappa shape index (κ2) is 7.27. The quantitative estimate of drug-likeness (QED) is 0.706. The molecule has 3 aromatic rings. The van der Waals surface area contributed by atoms with Crippen molar-refractivity contribution in [2.24, 2.45) is 0 Å². The molecule has 1 atom stereocenters. The molecule has 138 valence electrons. The standard InChI is InChI=1S/C22H21NO4/c1-15(22(25)23-13-7-8-14-23)26-21-19(24)17-11-5-6-12-18(17)27-20(21)16-9-3-2-4-10-16/h2-6,9-12,15H,7-8,13-14H2,1H3/t15-/m1/s1. The predicted octanol–water partition coefficient (Wildman–Crippen LogP) is 3.85. The van der Waals surface area contributed by atoms with E-state index < -0.39 is 6.10 Å².